The molecular weight excluding hydrogens is 244 g/mol. The first-order valence-corrected chi connectivity index (χ1v) is 7.41. The van der Waals surface area contributed by atoms with Crippen molar-refractivity contribution >= 4 is 23.1 Å². The smallest absolute Gasteiger partial charge is 0.233 e. The van der Waals surface area contributed by atoms with Gasteiger partial charge < -0.3 is 11.1 Å². The van der Waals surface area contributed by atoms with Crippen LogP contribution in [0.5, 0.6) is 0 Å². The van der Waals surface area contributed by atoms with Gasteiger partial charge >= 0.3 is 0 Å². The van der Waals surface area contributed by atoms with Crippen LogP contribution in [0.3, 0.4) is 0 Å². The number of amides is 1. The number of rotatable bonds is 8. The second-order valence-electron chi connectivity index (χ2n) is 4.95. The van der Waals surface area contributed by atoms with Crippen LogP contribution >= 0.6 is 12.2 Å². The minimum atomic E-state index is -0.694. The molecule has 1 amide bonds. The maximum absolute atomic E-state index is 12.6. The molecule has 0 fully saturated rings. The zero-order chi connectivity index (χ0) is 14.4. The maximum atomic E-state index is 12.6. The molecule has 0 saturated carbocycles. The first-order valence-electron chi connectivity index (χ1n) is 7.00. The first kappa shape index (κ1) is 17.4. The zero-order valence-corrected chi connectivity index (χ0v) is 13.2. The van der Waals surface area contributed by atoms with Gasteiger partial charge in [0, 0.05) is 5.54 Å². The molecule has 0 unspecified atom stereocenters. The van der Waals surface area contributed by atoms with Crippen LogP contribution in [0.15, 0.2) is 0 Å². The maximum Gasteiger partial charge on any atom is 0.233 e. The fraction of sp³-hybridized carbons (Fsp3) is 0.857. The van der Waals surface area contributed by atoms with E-state index in [1.807, 2.05) is 13.8 Å². The lowest BCUT2D eigenvalue weighted by Crippen LogP contribution is -2.56. The summed E-state index contributed by atoms with van der Waals surface area (Å²) < 4.78 is 0. The van der Waals surface area contributed by atoms with Gasteiger partial charge in [-0.25, -0.2) is 0 Å². The van der Waals surface area contributed by atoms with Crippen molar-refractivity contribution in [2.45, 2.75) is 72.3 Å². The third-order valence-electron chi connectivity index (χ3n) is 4.52. The highest BCUT2D eigenvalue weighted by Gasteiger charge is 2.41. The van der Waals surface area contributed by atoms with Crippen molar-refractivity contribution in [2.24, 2.45) is 11.1 Å². The Morgan fingerprint density at radius 2 is 1.39 bits per heavy atom. The molecule has 0 aliphatic carbocycles. The fourth-order valence-corrected chi connectivity index (χ4v) is 2.79. The van der Waals surface area contributed by atoms with Crippen LogP contribution in [0.4, 0.5) is 0 Å². The van der Waals surface area contributed by atoms with Gasteiger partial charge in [-0.3, -0.25) is 4.79 Å². The average molecular weight is 272 g/mol. The van der Waals surface area contributed by atoms with Crippen LogP contribution in [-0.2, 0) is 4.79 Å². The molecule has 0 aromatic rings. The molecule has 0 bridgehead atoms. The summed E-state index contributed by atoms with van der Waals surface area (Å²) in [5.41, 5.74) is 4.99. The molecule has 0 atom stereocenters. The van der Waals surface area contributed by atoms with Crippen molar-refractivity contribution in [3.8, 4) is 0 Å². The summed E-state index contributed by atoms with van der Waals surface area (Å²) in [5, 5.41) is 3.20. The molecule has 106 valence electrons. The van der Waals surface area contributed by atoms with Gasteiger partial charge in [-0.1, -0.05) is 46.8 Å². The predicted octanol–water partition coefficient (Wildman–Crippen LogP) is 3.16. The minimum Gasteiger partial charge on any atom is -0.392 e. The summed E-state index contributed by atoms with van der Waals surface area (Å²) in [6.45, 7) is 10.2. The topological polar surface area (TPSA) is 55.1 Å². The van der Waals surface area contributed by atoms with Crippen LogP contribution in [0.25, 0.3) is 0 Å². The molecule has 3 nitrogen and oxygen atoms in total. The van der Waals surface area contributed by atoms with Gasteiger partial charge in [-0.05, 0) is 32.1 Å². The molecule has 0 saturated heterocycles. The van der Waals surface area contributed by atoms with E-state index < -0.39 is 5.41 Å². The molecule has 0 radical (unpaired) electrons. The van der Waals surface area contributed by atoms with Gasteiger partial charge in [0.1, 0.15) is 0 Å². The first-order chi connectivity index (χ1) is 8.37. The Kier molecular flexibility index (Phi) is 6.82. The minimum absolute atomic E-state index is 0.00875. The quantitative estimate of drug-likeness (QED) is 0.667. The lowest BCUT2D eigenvalue weighted by atomic mass is 9.79. The molecule has 0 aliphatic heterocycles. The monoisotopic (exact) mass is 272 g/mol. The third kappa shape index (κ3) is 3.22. The van der Waals surface area contributed by atoms with Crippen LogP contribution in [0, 0.1) is 5.41 Å². The molecule has 0 spiro atoms. The zero-order valence-electron chi connectivity index (χ0n) is 12.4. The van der Waals surface area contributed by atoms with E-state index in [9.17, 15) is 4.79 Å². The molecule has 0 heterocycles. The van der Waals surface area contributed by atoms with E-state index in [-0.39, 0.29) is 11.4 Å². The van der Waals surface area contributed by atoms with Crippen LogP contribution < -0.4 is 11.1 Å². The normalized spacial score (nSPS) is 12.3. The number of carbonyl (C=O) groups is 1. The van der Waals surface area contributed by atoms with Gasteiger partial charge in [-0.2, -0.15) is 0 Å². The predicted molar refractivity (Wildman–Crippen MR) is 81.5 cm³/mol. The van der Waals surface area contributed by atoms with Crippen molar-refractivity contribution in [3.05, 3.63) is 0 Å². The van der Waals surface area contributed by atoms with E-state index in [2.05, 4.69) is 26.1 Å². The summed E-state index contributed by atoms with van der Waals surface area (Å²) in [6, 6.07) is 0. The summed E-state index contributed by atoms with van der Waals surface area (Å²) in [4.78, 5) is 12.9. The summed E-state index contributed by atoms with van der Waals surface area (Å²) >= 11 is 5.12. The van der Waals surface area contributed by atoms with Gasteiger partial charge in [0.2, 0.25) is 5.91 Å². The second kappa shape index (κ2) is 7.07. The van der Waals surface area contributed by atoms with Crippen molar-refractivity contribution < 1.29 is 4.79 Å². The van der Waals surface area contributed by atoms with Crippen LogP contribution in [0.2, 0.25) is 0 Å². The highest BCUT2D eigenvalue weighted by atomic mass is 32.1. The van der Waals surface area contributed by atoms with Crippen molar-refractivity contribution in [1.82, 2.24) is 5.32 Å². The van der Waals surface area contributed by atoms with E-state index in [0.29, 0.717) is 17.8 Å². The Balaban J connectivity index is 5.19. The number of thiocarbonyl (C=S) groups is 1. The Morgan fingerprint density at radius 3 is 1.61 bits per heavy atom. The van der Waals surface area contributed by atoms with Crippen LogP contribution in [0.1, 0.15) is 66.7 Å². The van der Waals surface area contributed by atoms with Gasteiger partial charge in [0.25, 0.3) is 0 Å². The summed E-state index contributed by atoms with van der Waals surface area (Å²) in [5.74, 6) is -0.00875. The van der Waals surface area contributed by atoms with Gasteiger partial charge in [0.15, 0.2) is 0 Å². The largest absolute Gasteiger partial charge is 0.392 e. The lowest BCUT2D eigenvalue weighted by Gasteiger charge is -2.37. The summed E-state index contributed by atoms with van der Waals surface area (Å²) in [6.07, 6.45) is 4.07. The molecule has 0 aliphatic rings. The summed E-state index contributed by atoms with van der Waals surface area (Å²) in [7, 11) is 0. The Hall–Kier alpha value is -0.640. The van der Waals surface area contributed by atoms with E-state index in [0.717, 1.165) is 19.3 Å². The number of hydrogen-bond donors (Lipinski definition) is 2. The van der Waals surface area contributed by atoms with Crippen molar-refractivity contribution in [1.29, 1.82) is 0 Å². The number of hydrogen-bond acceptors (Lipinski definition) is 2. The Morgan fingerprint density at radius 1 is 1.00 bits per heavy atom. The molecule has 3 N–H and O–H groups in total. The highest BCUT2D eigenvalue weighted by Crippen LogP contribution is 2.30. The molecule has 4 heteroatoms. The van der Waals surface area contributed by atoms with Crippen LogP contribution in [-0.4, -0.2) is 16.4 Å². The molecule has 0 aromatic heterocycles. The molecule has 18 heavy (non-hydrogen) atoms. The molecular formula is C14H28N2OS. The number of nitrogens with one attached hydrogen (secondary N) is 1. The molecule has 0 aromatic carbocycles. The number of carbonyl (C=O) groups excluding carboxylic acids is 1. The SMILES string of the molecule is CCC(CC)(CC)NC(=O)C(CC)(CC)C(N)=S. The Labute approximate surface area is 117 Å². The second-order valence-corrected chi connectivity index (χ2v) is 5.39. The molecule has 0 rings (SSSR count). The van der Waals surface area contributed by atoms with E-state index in [4.69, 9.17) is 18.0 Å². The fourth-order valence-electron chi connectivity index (χ4n) is 2.41. The van der Waals surface area contributed by atoms with E-state index in [1.165, 1.54) is 0 Å². The van der Waals surface area contributed by atoms with Crippen molar-refractivity contribution in [2.75, 3.05) is 0 Å². The highest BCUT2D eigenvalue weighted by molar-refractivity contribution is 7.80. The number of nitrogens with two attached hydrogens (primary N) is 1. The Bertz CT molecular complexity index is 286. The standard InChI is InChI=1S/C14H28N2OS/c1-6-13(7-2,8-3)16-12(17)14(9-4,10-5)11(15)18/h6-10H2,1-5H3,(H2,15,18)(H,16,17). The van der Waals surface area contributed by atoms with E-state index >= 15 is 0 Å². The lowest BCUT2D eigenvalue weighted by molar-refractivity contribution is -0.130. The average Bonchev–Trinajstić information content (AvgIpc) is 2.38. The van der Waals surface area contributed by atoms with Gasteiger partial charge in [-0.15, -0.1) is 0 Å². The van der Waals surface area contributed by atoms with Gasteiger partial charge in [0.05, 0.1) is 10.4 Å². The van der Waals surface area contributed by atoms with E-state index in [1.54, 1.807) is 0 Å². The van der Waals surface area contributed by atoms with Crippen molar-refractivity contribution in [3.63, 3.8) is 0 Å². The third-order valence-corrected chi connectivity index (χ3v) is 4.91.